The molecular weight excluding hydrogens is 250 g/mol. The third-order valence-corrected chi connectivity index (χ3v) is 2.41. The van der Waals surface area contributed by atoms with Crippen molar-refractivity contribution in [3.05, 3.63) is 29.8 Å². The van der Waals surface area contributed by atoms with Gasteiger partial charge in [0, 0.05) is 0 Å². The number of benzene rings is 1. The third-order valence-electron chi connectivity index (χ3n) is 2.41. The number of nitrogens with zero attached hydrogens (tertiary/aromatic N) is 1. The Kier molecular flexibility index (Phi) is 3.65. The quantitative estimate of drug-likeness (QED) is 0.746. The van der Waals surface area contributed by atoms with Crippen LogP contribution in [0.5, 0.6) is 5.75 Å². The maximum absolute atomic E-state index is 11.5. The minimum atomic E-state index is -0.645. The number of carbonyl (C=O) groups excluding carboxylic acids is 3. The molecule has 0 bridgehead atoms. The van der Waals surface area contributed by atoms with Gasteiger partial charge in [0.15, 0.2) is 6.61 Å². The van der Waals surface area contributed by atoms with E-state index in [0.717, 1.165) is 10.6 Å². The number of urea groups is 1. The number of carbonyl (C=O) groups is 3. The van der Waals surface area contributed by atoms with E-state index >= 15 is 0 Å². The fraction of sp³-hybridized carbons (Fsp3) is 0.250. The normalized spacial score (nSPS) is 14.3. The molecule has 1 aromatic rings. The van der Waals surface area contributed by atoms with Gasteiger partial charge in [0.2, 0.25) is 5.91 Å². The van der Waals surface area contributed by atoms with Gasteiger partial charge in [0.1, 0.15) is 12.3 Å². The van der Waals surface area contributed by atoms with Crippen LogP contribution in [-0.4, -0.2) is 36.0 Å². The number of rotatable bonds is 4. The molecule has 1 aliphatic heterocycles. The predicted octanol–water partition coefficient (Wildman–Crippen LogP) is -0.0432. The molecule has 0 saturated carbocycles. The smallest absolute Gasteiger partial charge is 0.343 e. The number of hydrazine groups is 1. The molecule has 0 aliphatic carbocycles. The monoisotopic (exact) mass is 263 g/mol. The van der Waals surface area contributed by atoms with Crippen LogP contribution in [0.3, 0.4) is 0 Å². The molecule has 7 heteroatoms. The lowest BCUT2D eigenvalue weighted by molar-refractivity contribution is -0.127. The van der Waals surface area contributed by atoms with Crippen molar-refractivity contribution in [3.8, 4) is 5.75 Å². The summed E-state index contributed by atoms with van der Waals surface area (Å²) in [5.74, 6) is -0.395. The van der Waals surface area contributed by atoms with E-state index in [0.29, 0.717) is 5.75 Å². The van der Waals surface area contributed by atoms with Crippen LogP contribution < -0.4 is 15.5 Å². The lowest BCUT2D eigenvalue weighted by atomic mass is 10.2. The summed E-state index contributed by atoms with van der Waals surface area (Å²) in [5.41, 5.74) is 3.30. The van der Waals surface area contributed by atoms with Crippen LogP contribution in [0.4, 0.5) is 4.79 Å². The Morgan fingerprint density at radius 3 is 2.89 bits per heavy atom. The Bertz CT molecular complexity index is 529. The Hall–Kier alpha value is -2.57. The first-order chi connectivity index (χ1) is 9.04. The molecule has 1 heterocycles. The molecule has 7 nitrogen and oxygen atoms in total. The van der Waals surface area contributed by atoms with E-state index in [9.17, 15) is 14.4 Å². The molecular formula is C12H13N3O4. The van der Waals surface area contributed by atoms with Crippen molar-refractivity contribution in [1.29, 1.82) is 0 Å². The first-order valence-electron chi connectivity index (χ1n) is 5.65. The van der Waals surface area contributed by atoms with Crippen molar-refractivity contribution < 1.29 is 19.1 Å². The highest BCUT2D eigenvalue weighted by Crippen LogP contribution is 2.11. The van der Waals surface area contributed by atoms with Crippen LogP contribution in [-0.2, 0) is 9.59 Å². The molecule has 1 saturated heterocycles. The summed E-state index contributed by atoms with van der Waals surface area (Å²) in [5, 5.41) is 2.95. The van der Waals surface area contributed by atoms with Crippen molar-refractivity contribution in [2.45, 2.75) is 6.92 Å². The van der Waals surface area contributed by atoms with Gasteiger partial charge in [-0.15, -0.1) is 0 Å². The summed E-state index contributed by atoms with van der Waals surface area (Å²) < 4.78 is 5.27. The molecule has 2 rings (SSSR count). The van der Waals surface area contributed by atoms with E-state index in [4.69, 9.17) is 4.74 Å². The van der Waals surface area contributed by atoms with Crippen LogP contribution in [0.2, 0.25) is 0 Å². The van der Waals surface area contributed by atoms with Gasteiger partial charge in [-0.25, -0.2) is 9.80 Å². The van der Waals surface area contributed by atoms with Crippen LogP contribution in [0.15, 0.2) is 24.3 Å². The number of amides is 4. The fourth-order valence-electron chi connectivity index (χ4n) is 1.57. The summed E-state index contributed by atoms with van der Waals surface area (Å²) in [6.45, 7) is 1.49. The lowest BCUT2D eigenvalue weighted by Gasteiger charge is -2.14. The lowest BCUT2D eigenvalue weighted by Crippen LogP contribution is -2.46. The van der Waals surface area contributed by atoms with Gasteiger partial charge in [-0.05, 0) is 24.6 Å². The maximum atomic E-state index is 11.5. The molecule has 0 aromatic heterocycles. The summed E-state index contributed by atoms with van der Waals surface area (Å²) in [4.78, 5) is 33.6. The van der Waals surface area contributed by atoms with Crippen LogP contribution >= 0.6 is 0 Å². The van der Waals surface area contributed by atoms with Crippen LogP contribution in [0, 0.1) is 6.92 Å². The molecule has 0 atom stereocenters. The second-order valence-electron chi connectivity index (χ2n) is 4.08. The number of hydrogen-bond acceptors (Lipinski definition) is 4. The molecule has 1 fully saturated rings. The second kappa shape index (κ2) is 5.38. The number of aryl methyl sites for hydroxylation is 1. The van der Waals surface area contributed by atoms with E-state index in [2.05, 4.69) is 5.43 Å². The largest absolute Gasteiger partial charge is 0.484 e. The Morgan fingerprint density at radius 1 is 1.47 bits per heavy atom. The average molecular weight is 263 g/mol. The second-order valence-corrected chi connectivity index (χ2v) is 4.08. The molecule has 0 unspecified atom stereocenters. The van der Waals surface area contributed by atoms with E-state index < -0.39 is 17.8 Å². The van der Waals surface area contributed by atoms with Crippen molar-refractivity contribution in [1.82, 2.24) is 15.8 Å². The average Bonchev–Trinajstić information content (AvgIpc) is 2.65. The third kappa shape index (κ3) is 3.44. The van der Waals surface area contributed by atoms with E-state index in [1.165, 1.54) is 0 Å². The standard InChI is InChI=1S/C12H13N3O4/c1-8-3-2-4-9(5-8)19-7-11(17)14-15-6-10(16)13-12(15)18/h2-5H,6-7H2,1H3,(H,14,17)(H,13,16,18). The summed E-state index contributed by atoms with van der Waals surface area (Å²) in [7, 11) is 0. The first kappa shape index (κ1) is 12.9. The van der Waals surface area contributed by atoms with E-state index in [1.54, 1.807) is 12.1 Å². The number of imide groups is 1. The summed E-state index contributed by atoms with van der Waals surface area (Å²) in [6, 6.07) is 6.60. The minimum Gasteiger partial charge on any atom is -0.484 e. The molecule has 1 aromatic carbocycles. The first-order valence-corrected chi connectivity index (χ1v) is 5.65. The Labute approximate surface area is 109 Å². The van der Waals surface area contributed by atoms with Gasteiger partial charge in [-0.1, -0.05) is 12.1 Å². The number of hydrogen-bond donors (Lipinski definition) is 2. The minimum absolute atomic E-state index is 0.185. The molecule has 4 amide bonds. The van der Waals surface area contributed by atoms with Crippen LogP contribution in [0.25, 0.3) is 0 Å². The van der Waals surface area contributed by atoms with Gasteiger partial charge in [0.25, 0.3) is 5.91 Å². The molecule has 0 radical (unpaired) electrons. The Morgan fingerprint density at radius 2 is 2.26 bits per heavy atom. The summed E-state index contributed by atoms with van der Waals surface area (Å²) >= 11 is 0. The van der Waals surface area contributed by atoms with Crippen molar-refractivity contribution in [2.75, 3.05) is 13.2 Å². The maximum Gasteiger partial charge on any atom is 0.343 e. The zero-order chi connectivity index (χ0) is 13.8. The highest BCUT2D eigenvalue weighted by Gasteiger charge is 2.28. The van der Waals surface area contributed by atoms with Gasteiger partial charge < -0.3 is 4.74 Å². The molecule has 2 N–H and O–H groups in total. The molecule has 0 spiro atoms. The van der Waals surface area contributed by atoms with Gasteiger partial charge in [-0.2, -0.15) is 0 Å². The van der Waals surface area contributed by atoms with E-state index in [-0.39, 0.29) is 13.2 Å². The molecule has 1 aliphatic rings. The van der Waals surface area contributed by atoms with Crippen molar-refractivity contribution in [2.24, 2.45) is 0 Å². The predicted molar refractivity (Wildman–Crippen MR) is 65.1 cm³/mol. The number of ether oxygens (including phenoxy) is 1. The topological polar surface area (TPSA) is 87.7 Å². The van der Waals surface area contributed by atoms with Gasteiger partial charge in [-0.3, -0.25) is 20.3 Å². The SMILES string of the molecule is Cc1cccc(OCC(=O)NN2CC(=O)NC2=O)c1. The van der Waals surface area contributed by atoms with Crippen molar-refractivity contribution >= 4 is 17.8 Å². The molecule has 19 heavy (non-hydrogen) atoms. The highest BCUT2D eigenvalue weighted by atomic mass is 16.5. The van der Waals surface area contributed by atoms with E-state index in [1.807, 2.05) is 24.4 Å². The Balaban J connectivity index is 1.82. The van der Waals surface area contributed by atoms with Crippen molar-refractivity contribution in [3.63, 3.8) is 0 Å². The van der Waals surface area contributed by atoms with Crippen LogP contribution in [0.1, 0.15) is 5.56 Å². The number of nitrogens with one attached hydrogen (secondary N) is 2. The van der Waals surface area contributed by atoms with Gasteiger partial charge in [0.05, 0.1) is 0 Å². The van der Waals surface area contributed by atoms with Gasteiger partial charge >= 0.3 is 6.03 Å². The molecule has 100 valence electrons. The zero-order valence-electron chi connectivity index (χ0n) is 10.3. The fourth-order valence-corrected chi connectivity index (χ4v) is 1.57. The highest BCUT2D eigenvalue weighted by molar-refractivity contribution is 6.02. The zero-order valence-corrected chi connectivity index (χ0v) is 10.3. The summed E-state index contributed by atoms with van der Waals surface area (Å²) in [6.07, 6.45) is 0.